The van der Waals surface area contributed by atoms with Gasteiger partial charge >= 0.3 is 5.97 Å². The summed E-state index contributed by atoms with van der Waals surface area (Å²) in [4.78, 5) is 13.5. The molecule has 4 nitrogen and oxygen atoms in total. The van der Waals surface area contributed by atoms with Gasteiger partial charge in [-0.3, -0.25) is 4.90 Å². The minimum atomic E-state index is -0.839. The van der Waals surface area contributed by atoms with Crippen molar-refractivity contribution >= 4 is 5.97 Å². The summed E-state index contributed by atoms with van der Waals surface area (Å²) < 4.78 is 0. The summed E-state index contributed by atoms with van der Waals surface area (Å²) in [7, 11) is 0. The molecule has 0 spiro atoms. The monoisotopic (exact) mass is 248 g/mol. The van der Waals surface area contributed by atoms with Gasteiger partial charge in [0, 0.05) is 32.7 Å². The van der Waals surface area contributed by atoms with E-state index in [0.29, 0.717) is 5.56 Å². The van der Waals surface area contributed by atoms with Crippen LogP contribution in [0.25, 0.3) is 0 Å². The fraction of sp³-hybridized carbons (Fsp3) is 0.500. The van der Waals surface area contributed by atoms with E-state index in [2.05, 4.69) is 17.1 Å². The first kappa shape index (κ1) is 13.1. The number of aryl methyl sites for hydroxylation is 2. The average molecular weight is 248 g/mol. The van der Waals surface area contributed by atoms with Crippen LogP contribution >= 0.6 is 0 Å². The smallest absolute Gasteiger partial charge is 0.335 e. The predicted molar refractivity (Wildman–Crippen MR) is 71.0 cm³/mol. The lowest BCUT2D eigenvalue weighted by Gasteiger charge is -2.28. The van der Waals surface area contributed by atoms with Crippen LogP contribution in [0, 0.1) is 13.8 Å². The number of nitrogens with one attached hydrogen (secondary N) is 1. The second-order valence-electron chi connectivity index (χ2n) is 4.92. The van der Waals surface area contributed by atoms with Crippen LogP contribution in [0.15, 0.2) is 12.1 Å². The first-order valence-electron chi connectivity index (χ1n) is 6.34. The van der Waals surface area contributed by atoms with Gasteiger partial charge in [-0.1, -0.05) is 6.07 Å². The SMILES string of the molecule is Cc1cc(C)c(C(=O)O)cc1CN1CCNCC1. The zero-order valence-corrected chi connectivity index (χ0v) is 11.0. The normalized spacial score (nSPS) is 16.8. The van der Waals surface area contributed by atoms with Gasteiger partial charge in [-0.05, 0) is 36.6 Å². The molecule has 18 heavy (non-hydrogen) atoms. The number of hydrogen-bond acceptors (Lipinski definition) is 3. The molecule has 1 saturated heterocycles. The van der Waals surface area contributed by atoms with Gasteiger partial charge < -0.3 is 10.4 Å². The highest BCUT2D eigenvalue weighted by Crippen LogP contribution is 2.18. The Morgan fingerprint density at radius 3 is 2.56 bits per heavy atom. The van der Waals surface area contributed by atoms with Crippen molar-refractivity contribution in [1.82, 2.24) is 10.2 Å². The molecular weight excluding hydrogens is 228 g/mol. The molecule has 0 amide bonds. The molecule has 0 unspecified atom stereocenters. The highest BCUT2D eigenvalue weighted by molar-refractivity contribution is 5.89. The van der Waals surface area contributed by atoms with Crippen LogP contribution in [0.2, 0.25) is 0 Å². The maximum Gasteiger partial charge on any atom is 0.335 e. The number of piperazine rings is 1. The van der Waals surface area contributed by atoms with Crippen LogP contribution in [0.4, 0.5) is 0 Å². The molecule has 1 aromatic carbocycles. The van der Waals surface area contributed by atoms with E-state index in [-0.39, 0.29) is 0 Å². The number of carbonyl (C=O) groups is 1. The van der Waals surface area contributed by atoms with E-state index in [4.69, 9.17) is 5.11 Å². The van der Waals surface area contributed by atoms with Gasteiger partial charge in [0.25, 0.3) is 0 Å². The Morgan fingerprint density at radius 1 is 1.28 bits per heavy atom. The molecular formula is C14H20N2O2. The van der Waals surface area contributed by atoms with Crippen LogP contribution in [-0.2, 0) is 6.54 Å². The van der Waals surface area contributed by atoms with E-state index in [1.807, 2.05) is 19.1 Å². The number of hydrogen-bond donors (Lipinski definition) is 2. The van der Waals surface area contributed by atoms with Crippen molar-refractivity contribution in [2.75, 3.05) is 26.2 Å². The molecule has 2 rings (SSSR count). The maximum atomic E-state index is 11.2. The van der Waals surface area contributed by atoms with Gasteiger partial charge in [0.15, 0.2) is 0 Å². The largest absolute Gasteiger partial charge is 0.478 e. The Labute approximate surface area is 108 Å². The molecule has 2 N–H and O–H groups in total. The number of benzene rings is 1. The van der Waals surface area contributed by atoms with Gasteiger partial charge in [0.05, 0.1) is 5.56 Å². The molecule has 0 bridgehead atoms. The molecule has 0 atom stereocenters. The van der Waals surface area contributed by atoms with Gasteiger partial charge in [0.1, 0.15) is 0 Å². The second-order valence-corrected chi connectivity index (χ2v) is 4.92. The molecule has 1 fully saturated rings. The lowest BCUT2D eigenvalue weighted by Crippen LogP contribution is -2.43. The van der Waals surface area contributed by atoms with Crippen LogP contribution in [0.5, 0.6) is 0 Å². The van der Waals surface area contributed by atoms with E-state index in [1.54, 1.807) is 0 Å². The minimum Gasteiger partial charge on any atom is -0.478 e. The van der Waals surface area contributed by atoms with Crippen molar-refractivity contribution in [1.29, 1.82) is 0 Å². The molecule has 1 heterocycles. The van der Waals surface area contributed by atoms with Crippen molar-refractivity contribution in [3.63, 3.8) is 0 Å². The third kappa shape index (κ3) is 2.89. The minimum absolute atomic E-state index is 0.422. The number of rotatable bonds is 3. The number of aromatic carboxylic acids is 1. The van der Waals surface area contributed by atoms with Crippen molar-refractivity contribution in [3.05, 3.63) is 34.4 Å². The van der Waals surface area contributed by atoms with E-state index < -0.39 is 5.97 Å². The van der Waals surface area contributed by atoms with E-state index in [0.717, 1.165) is 43.9 Å². The molecule has 0 saturated carbocycles. The van der Waals surface area contributed by atoms with Gasteiger partial charge in [-0.15, -0.1) is 0 Å². The van der Waals surface area contributed by atoms with Gasteiger partial charge in [-0.25, -0.2) is 4.79 Å². The van der Waals surface area contributed by atoms with E-state index in [1.165, 1.54) is 5.56 Å². The summed E-state index contributed by atoms with van der Waals surface area (Å²) in [5.74, 6) is -0.839. The van der Waals surface area contributed by atoms with E-state index >= 15 is 0 Å². The maximum absolute atomic E-state index is 11.2. The summed E-state index contributed by atoms with van der Waals surface area (Å²) in [5.41, 5.74) is 3.56. The summed E-state index contributed by atoms with van der Waals surface area (Å²) in [5, 5.41) is 12.5. The van der Waals surface area contributed by atoms with Crippen LogP contribution < -0.4 is 5.32 Å². The number of carboxylic acids is 1. The zero-order chi connectivity index (χ0) is 13.1. The summed E-state index contributed by atoms with van der Waals surface area (Å²) in [6.45, 7) is 8.81. The fourth-order valence-corrected chi connectivity index (χ4v) is 2.41. The van der Waals surface area contributed by atoms with E-state index in [9.17, 15) is 4.79 Å². The average Bonchev–Trinajstić information content (AvgIpc) is 2.33. The van der Waals surface area contributed by atoms with Gasteiger partial charge in [0.2, 0.25) is 0 Å². The summed E-state index contributed by atoms with van der Waals surface area (Å²) in [6, 6.07) is 3.80. The Morgan fingerprint density at radius 2 is 1.94 bits per heavy atom. The zero-order valence-electron chi connectivity index (χ0n) is 11.0. The highest BCUT2D eigenvalue weighted by Gasteiger charge is 2.14. The summed E-state index contributed by atoms with van der Waals surface area (Å²) >= 11 is 0. The molecule has 0 aromatic heterocycles. The van der Waals surface area contributed by atoms with Crippen molar-refractivity contribution in [2.45, 2.75) is 20.4 Å². The molecule has 98 valence electrons. The highest BCUT2D eigenvalue weighted by atomic mass is 16.4. The predicted octanol–water partition coefficient (Wildman–Crippen LogP) is 1.41. The summed E-state index contributed by atoms with van der Waals surface area (Å²) in [6.07, 6.45) is 0. The Hall–Kier alpha value is -1.39. The first-order valence-corrected chi connectivity index (χ1v) is 6.34. The van der Waals surface area contributed by atoms with Crippen LogP contribution in [-0.4, -0.2) is 42.2 Å². The third-order valence-electron chi connectivity index (χ3n) is 3.52. The fourth-order valence-electron chi connectivity index (χ4n) is 2.41. The van der Waals surface area contributed by atoms with Crippen molar-refractivity contribution < 1.29 is 9.90 Å². The lowest BCUT2D eigenvalue weighted by atomic mass is 9.99. The molecule has 1 aromatic rings. The van der Waals surface area contributed by atoms with Crippen molar-refractivity contribution in [3.8, 4) is 0 Å². The molecule has 1 aliphatic rings. The molecule has 4 heteroatoms. The molecule has 1 aliphatic heterocycles. The number of carboxylic acid groups (broad SMARTS) is 1. The molecule has 0 radical (unpaired) electrons. The quantitative estimate of drug-likeness (QED) is 0.849. The van der Waals surface area contributed by atoms with Gasteiger partial charge in [-0.2, -0.15) is 0 Å². The lowest BCUT2D eigenvalue weighted by molar-refractivity contribution is 0.0696. The van der Waals surface area contributed by atoms with Crippen LogP contribution in [0.3, 0.4) is 0 Å². The second kappa shape index (κ2) is 5.50. The van der Waals surface area contributed by atoms with Crippen LogP contribution in [0.1, 0.15) is 27.0 Å². The number of nitrogens with zero attached hydrogens (tertiary/aromatic N) is 1. The first-order chi connectivity index (χ1) is 8.58. The third-order valence-corrected chi connectivity index (χ3v) is 3.52. The Balaban J connectivity index is 2.21. The van der Waals surface area contributed by atoms with Crippen molar-refractivity contribution in [2.24, 2.45) is 0 Å². The molecule has 0 aliphatic carbocycles. The Kier molecular flexibility index (Phi) is 3.99. The topological polar surface area (TPSA) is 52.6 Å². The Bertz CT molecular complexity index is 451. The standard InChI is InChI=1S/C14H20N2O2/c1-10-7-11(2)13(14(17)18)8-12(10)9-16-5-3-15-4-6-16/h7-8,15H,3-6,9H2,1-2H3,(H,17,18).